The fraction of sp³-hybridized carbons (Fsp3) is 0.154. The van der Waals surface area contributed by atoms with Crippen LogP contribution in [0, 0.1) is 6.92 Å². The van der Waals surface area contributed by atoms with Crippen LogP contribution in [0.3, 0.4) is 0 Å². The van der Waals surface area contributed by atoms with Crippen LogP contribution in [0.1, 0.15) is 22.4 Å². The van der Waals surface area contributed by atoms with Gasteiger partial charge >= 0.3 is 5.63 Å². The van der Waals surface area contributed by atoms with E-state index in [4.69, 9.17) is 4.52 Å². The van der Waals surface area contributed by atoms with Crippen LogP contribution in [0.25, 0.3) is 10.8 Å². The standard InChI is InChI=1S/C26H23N3O4/c1-17-23-14-21(12-13-22(23)24(30)33-29-17)28-25(31)26(32,15-18-6-4-3-5-7-18)20-10-8-19(9-11-20)16-27-2/h3-14,16,32H,15H2,1-2H3,(H,28,31). The van der Waals surface area contributed by atoms with Gasteiger partial charge in [0.05, 0.1) is 11.1 Å². The van der Waals surface area contributed by atoms with Crippen molar-refractivity contribution in [1.82, 2.24) is 5.16 Å². The number of aliphatic imine (C=N–C) groups is 1. The first kappa shape index (κ1) is 22.1. The van der Waals surface area contributed by atoms with Crippen molar-refractivity contribution >= 4 is 28.6 Å². The van der Waals surface area contributed by atoms with E-state index < -0.39 is 17.1 Å². The molecule has 0 aliphatic heterocycles. The van der Waals surface area contributed by atoms with Gasteiger partial charge in [-0.25, -0.2) is 4.79 Å². The van der Waals surface area contributed by atoms with Crippen LogP contribution >= 0.6 is 0 Å². The highest BCUT2D eigenvalue weighted by Crippen LogP contribution is 2.29. The number of rotatable bonds is 6. The molecule has 3 aromatic carbocycles. The van der Waals surface area contributed by atoms with Crippen molar-refractivity contribution in [2.45, 2.75) is 18.9 Å². The Morgan fingerprint density at radius 1 is 1.09 bits per heavy atom. The number of anilines is 1. The minimum atomic E-state index is -1.83. The molecule has 2 N–H and O–H groups in total. The Kier molecular flexibility index (Phi) is 6.15. The molecule has 7 nitrogen and oxygen atoms in total. The summed E-state index contributed by atoms with van der Waals surface area (Å²) in [5.74, 6) is -0.587. The second-order valence-corrected chi connectivity index (χ2v) is 7.80. The molecule has 0 radical (unpaired) electrons. The number of hydrogen-bond donors (Lipinski definition) is 2. The number of nitrogens with zero attached hydrogens (tertiary/aromatic N) is 2. The van der Waals surface area contributed by atoms with Crippen molar-refractivity contribution in [2.75, 3.05) is 12.4 Å². The monoisotopic (exact) mass is 441 g/mol. The fourth-order valence-corrected chi connectivity index (χ4v) is 3.74. The quantitative estimate of drug-likeness (QED) is 0.445. The van der Waals surface area contributed by atoms with Crippen molar-refractivity contribution in [3.8, 4) is 0 Å². The average molecular weight is 441 g/mol. The zero-order valence-electron chi connectivity index (χ0n) is 18.3. The van der Waals surface area contributed by atoms with Crippen LogP contribution < -0.4 is 10.9 Å². The maximum Gasteiger partial charge on any atom is 0.366 e. The lowest BCUT2D eigenvalue weighted by molar-refractivity contribution is -0.135. The molecule has 1 amide bonds. The number of fused-ring (bicyclic) bond motifs is 1. The van der Waals surface area contributed by atoms with Crippen LogP contribution in [0.2, 0.25) is 0 Å². The van der Waals surface area contributed by atoms with E-state index in [0.717, 1.165) is 11.1 Å². The van der Waals surface area contributed by atoms with E-state index in [2.05, 4.69) is 15.5 Å². The van der Waals surface area contributed by atoms with E-state index in [-0.39, 0.29) is 6.42 Å². The van der Waals surface area contributed by atoms with Gasteiger partial charge in [-0.05, 0) is 41.8 Å². The van der Waals surface area contributed by atoms with Crippen LogP contribution in [-0.4, -0.2) is 29.4 Å². The van der Waals surface area contributed by atoms with Crippen molar-refractivity contribution in [1.29, 1.82) is 0 Å². The Bertz CT molecular complexity index is 1380. The molecule has 0 saturated carbocycles. The Morgan fingerprint density at radius 3 is 2.52 bits per heavy atom. The molecule has 0 aliphatic rings. The summed E-state index contributed by atoms with van der Waals surface area (Å²) >= 11 is 0. The van der Waals surface area contributed by atoms with E-state index in [1.165, 1.54) is 0 Å². The average Bonchev–Trinajstić information content (AvgIpc) is 2.83. The number of hydrogen-bond acceptors (Lipinski definition) is 6. The SMILES string of the molecule is CN=Cc1ccc(C(O)(Cc2ccccc2)C(=O)Nc2ccc3c(=O)onc(C)c3c2)cc1. The summed E-state index contributed by atoms with van der Waals surface area (Å²) in [4.78, 5) is 29.4. The number of carbonyl (C=O) groups is 1. The molecule has 33 heavy (non-hydrogen) atoms. The molecule has 166 valence electrons. The lowest BCUT2D eigenvalue weighted by Crippen LogP contribution is -2.42. The highest BCUT2D eigenvalue weighted by molar-refractivity contribution is 6.00. The topological polar surface area (TPSA) is 105 Å². The molecule has 1 atom stereocenters. The molecular weight excluding hydrogens is 418 g/mol. The number of aryl methyl sites for hydroxylation is 1. The predicted molar refractivity (Wildman–Crippen MR) is 128 cm³/mol. The molecule has 0 spiro atoms. The van der Waals surface area contributed by atoms with Gasteiger partial charge in [0.15, 0.2) is 5.60 Å². The third kappa shape index (κ3) is 4.58. The van der Waals surface area contributed by atoms with Crippen LogP contribution in [-0.2, 0) is 16.8 Å². The summed E-state index contributed by atoms with van der Waals surface area (Å²) in [7, 11) is 1.68. The predicted octanol–water partition coefficient (Wildman–Crippen LogP) is 3.61. The largest absolute Gasteiger partial charge is 0.375 e. The Labute approximate surface area is 190 Å². The molecule has 1 heterocycles. The number of benzene rings is 3. The molecule has 4 rings (SSSR count). The summed E-state index contributed by atoms with van der Waals surface area (Å²) in [6, 6.07) is 21.2. The minimum Gasteiger partial charge on any atom is -0.375 e. The third-order valence-corrected chi connectivity index (χ3v) is 5.50. The summed E-state index contributed by atoms with van der Waals surface area (Å²) in [6.45, 7) is 1.71. The lowest BCUT2D eigenvalue weighted by atomic mass is 9.85. The fourth-order valence-electron chi connectivity index (χ4n) is 3.74. The molecule has 4 aromatic rings. The van der Waals surface area contributed by atoms with Crippen molar-refractivity contribution in [3.63, 3.8) is 0 Å². The lowest BCUT2D eigenvalue weighted by Gasteiger charge is -2.28. The summed E-state index contributed by atoms with van der Waals surface area (Å²) in [5.41, 5.74) is 0.700. The second-order valence-electron chi connectivity index (χ2n) is 7.80. The van der Waals surface area contributed by atoms with E-state index in [0.29, 0.717) is 27.7 Å². The van der Waals surface area contributed by atoms with Crippen molar-refractivity contribution in [3.05, 3.63) is 106 Å². The Morgan fingerprint density at radius 2 is 1.82 bits per heavy atom. The van der Waals surface area contributed by atoms with E-state index in [1.807, 2.05) is 30.3 Å². The van der Waals surface area contributed by atoms with Crippen LogP contribution in [0.15, 0.2) is 87.1 Å². The van der Waals surface area contributed by atoms with Gasteiger partial charge in [0.1, 0.15) is 0 Å². The summed E-state index contributed by atoms with van der Waals surface area (Å²) in [6.07, 6.45) is 1.78. The van der Waals surface area contributed by atoms with E-state index >= 15 is 0 Å². The molecule has 0 bridgehead atoms. The zero-order chi connectivity index (χ0) is 23.4. The van der Waals surface area contributed by atoms with Gasteiger partial charge in [-0.1, -0.05) is 59.8 Å². The Hall–Kier alpha value is -4.10. The van der Waals surface area contributed by atoms with Gasteiger partial charge in [-0.2, -0.15) is 0 Å². The van der Waals surface area contributed by atoms with Gasteiger partial charge < -0.3 is 14.9 Å². The molecule has 0 aliphatic carbocycles. The van der Waals surface area contributed by atoms with Crippen molar-refractivity contribution in [2.24, 2.45) is 4.99 Å². The van der Waals surface area contributed by atoms with Crippen LogP contribution in [0.4, 0.5) is 5.69 Å². The van der Waals surface area contributed by atoms with Crippen molar-refractivity contribution < 1.29 is 14.4 Å². The first-order valence-corrected chi connectivity index (χ1v) is 10.4. The molecule has 0 saturated heterocycles. The maximum absolute atomic E-state index is 13.5. The number of carbonyl (C=O) groups excluding carboxylic acids is 1. The van der Waals surface area contributed by atoms with Crippen LogP contribution in [0.5, 0.6) is 0 Å². The van der Waals surface area contributed by atoms with E-state index in [9.17, 15) is 14.7 Å². The normalized spacial score (nSPS) is 13.2. The Balaban J connectivity index is 1.72. The number of aliphatic hydroxyl groups is 1. The first-order valence-electron chi connectivity index (χ1n) is 10.4. The minimum absolute atomic E-state index is 0.0820. The zero-order valence-corrected chi connectivity index (χ0v) is 18.3. The molecule has 1 aromatic heterocycles. The third-order valence-electron chi connectivity index (χ3n) is 5.50. The van der Waals surface area contributed by atoms with E-state index in [1.54, 1.807) is 62.7 Å². The second kappa shape index (κ2) is 9.18. The first-order chi connectivity index (χ1) is 15.9. The molecular formula is C26H23N3O4. The summed E-state index contributed by atoms with van der Waals surface area (Å²) < 4.78 is 4.76. The highest BCUT2D eigenvalue weighted by Gasteiger charge is 2.38. The van der Waals surface area contributed by atoms with Gasteiger partial charge in [-0.3, -0.25) is 9.79 Å². The molecule has 0 fully saturated rings. The molecule has 7 heteroatoms. The van der Waals surface area contributed by atoms with Gasteiger partial charge in [-0.15, -0.1) is 0 Å². The molecule has 1 unspecified atom stereocenters. The number of nitrogens with one attached hydrogen (secondary N) is 1. The number of aromatic nitrogens is 1. The van der Waals surface area contributed by atoms with Gasteiger partial charge in [0.25, 0.3) is 5.91 Å². The van der Waals surface area contributed by atoms with Gasteiger partial charge in [0, 0.05) is 30.8 Å². The van der Waals surface area contributed by atoms with Gasteiger partial charge in [0.2, 0.25) is 0 Å². The number of amides is 1. The smallest absolute Gasteiger partial charge is 0.366 e. The maximum atomic E-state index is 13.5. The highest BCUT2D eigenvalue weighted by atomic mass is 16.5. The summed E-state index contributed by atoms with van der Waals surface area (Å²) in [5, 5.41) is 19.2.